The summed E-state index contributed by atoms with van der Waals surface area (Å²) in [5.41, 5.74) is 0.186. The number of rotatable bonds is 1. The lowest BCUT2D eigenvalue weighted by Crippen LogP contribution is -2.11. The van der Waals surface area contributed by atoms with Crippen LogP contribution in [0.4, 0.5) is 0 Å². The van der Waals surface area contributed by atoms with Gasteiger partial charge in [-0.25, -0.2) is 0 Å². The van der Waals surface area contributed by atoms with Gasteiger partial charge in [0.2, 0.25) is 5.43 Å². The Kier molecular flexibility index (Phi) is 2.43. The van der Waals surface area contributed by atoms with Crippen LogP contribution in [0.15, 0.2) is 44.9 Å². The second kappa shape index (κ2) is 3.74. The van der Waals surface area contributed by atoms with E-state index in [1.807, 2.05) is 0 Å². The minimum atomic E-state index is -0.320. The SMILES string of the molecule is O=c1c(/C(Cl)=N/O)coc2ccccc12. The smallest absolute Gasteiger partial charge is 0.203 e. The van der Waals surface area contributed by atoms with Gasteiger partial charge in [0.1, 0.15) is 11.8 Å². The van der Waals surface area contributed by atoms with E-state index in [1.54, 1.807) is 24.3 Å². The summed E-state index contributed by atoms with van der Waals surface area (Å²) >= 11 is 5.54. The highest BCUT2D eigenvalue weighted by atomic mass is 35.5. The third-order valence-corrected chi connectivity index (χ3v) is 2.27. The second-order valence-electron chi connectivity index (χ2n) is 2.87. The Morgan fingerprint density at radius 2 is 2.13 bits per heavy atom. The molecule has 0 atom stereocenters. The molecule has 1 aromatic heterocycles. The molecule has 5 heteroatoms. The lowest BCUT2D eigenvalue weighted by atomic mass is 10.2. The number of nitrogens with zero attached hydrogens (tertiary/aromatic N) is 1. The maximum atomic E-state index is 11.8. The fourth-order valence-corrected chi connectivity index (χ4v) is 1.40. The van der Waals surface area contributed by atoms with Crippen LogP contribution in [0.5, 0.6) is 0 Å². The van der Waals surface area contributed by atoms with Crippen molar-refractivity contribution in [3.05, 3.63) is 46.3 Å². The number of fused-ring (bicyclic) bond motifs is 1. The predicted octanol–water partition coefficient (Wildman–Crippen LogP) is 2.17. The first-order valence-electron chi connectivity index (χ1n) is 4.12. The van der Waals surface area contributed by atoms with E-state index in [-0.39, 0.29) is 16.2 Å². The van der Waals surface area contributed by atoms with Gasteiger partial charge >= 0.3 is 0 Å². The Morgan fingerprint density at radius 3 is 2.87 bits per heavy atom. The first-order chi connectivity index (χ1) is 7.24. The normalized spacial score (nSPS) is 11.9. The lowest BCUT2D eigenvalue weighted by molar-refractivity contribution is 0.320. The molecule has 0 aliphatic carbocycles. The van der Waals surface area contributed by atoms with Gasteiger partial charge < -0.3 is 9.62 Å². The van der Waals surface area contributed by atoms with Crippen LogP contribution in [0, 0.1) is 0 Å². The zero-order chi connectivity index (χ0) is 10.8. The molecule has 0 bridgehead atoms. The Bertz CT molecular complexity index is 588. The number of hydrogen-bond acceptors (Lipinski definition) is 4. The molecule has 15 heavy (non-hydrogen) atoms. The summed E-state index contributed by atoms with van der Waals surface area (Å²) in [4.78, 5) is 11.8. The average Bonchev–Trinajstić information content (AvgIpc) is 2.29. The van der Waals surface area contributed by atoms with Gasteiger partial charge in [-0.2, -0.15) is 0 Å². The van der Waals surface area contributed by atoms with Gasteiger partial charge in [0.25, 0.3) is 0 Å². The highest BCUT2D eigenvalue weighted by Crippen LogP contribution is 2.11. The molecular weight excluding hydrogens is 218 g/mol. The summed E-state index contributed by atoms with van der Waals surface area (Å²) in [6.45, 7) is 0. The van der Waals surface area contributed by atoms with Gasteiger partial charge in [-0.05, 0) is 12.1 Å². The fraction of sp³-hybridized carbons (Fsp3) is 0. The highest BCUT2D eigenvalue weighted by Gasteiger charge is 2.10. The van der Waals surface area contributed by atoms with E-state index >= 15 is 0 Å². The van der Waals surface area contributed by atoms with Crippen molar-refractivity contribution in [1.29, 1.82) is 0 Å². The third-order valence-electron chi connectivity index (χ3n) is 1.99. The minimum absolute atomic E-state index is 0.0397. The fourth-order valence-electron chi connectivity index (χ4n) is 1.27. The van der Waals surface area contributed by atoms with Gasteiger partial charge in [-0.1, -0.05) is 28.9 Å². The summed E-state index contributed by atoms with van der Waals surface area (Å²) in [6, 6.07) is 6.76. The molecule has 0 saturated heterocycles. The van der Waals surface area contributed by atoms with Crippen LogP contribution in [0.3, 0.4) is 0 Å². The Labute approximate surface area is 89.4 Å². The van der Waals surface area contributed by atoms with Crippen molar-refractivity contribution in [2.45, 2.75) is 0 Å². The molecule has 0 saturated carbocycles. The van der Waals surface area contributed by atoms with Crippen LogP contribution in [-0.2, 0) is 0 Å². The molecule has 0 spiro atoms. The molecule has 2 rings (SSSR count). The molecule has 4 nitrogen and oxygen atoms in total. The summed E-state index contributed by atoms with van der Waals surface area (Å²) in [6.07, 6.45) is 1.17. The highest BCUT2D eigenvalue weighted by molar-refractivity contribution is 6.69. The van der Waals surface area contributed by atoms with Crippen LogP contribution < -0.4 is 5.43 Å². The molecule has 0 unspecified atom stereocenters. The molecule has 1 N–H and O–H groups in total. The van der Waals surface area contributed by atoms with Crippen LogP contribution >= 0.6 is 11.6 Å². The number of hydrogen-bond donors (Lipinski definition) is 1. The molecule has 1 aromatic carbocycles. The van der Waals surface area contributed by atoms with E-state index in [9.17, 15) is 4.79 Å². The van der Waals surface area contributed by atoms with Gasteiger partial charge in [-0.3, -0.25) is 4.79 Å². The molecular formula is C10H6ClNO3. The topological polar surface area (TPSA) is 62.8 Å². The van der Waals surface area contributed by atoms with Crippen molar-refractivity contribution in [3.8, 4) is 0 Å². The maximum Gasteiger partial charge on any atom is 0.203 e. The van der Waals surface area contributed by atoms with Gasteiger partial charge in [0.15, 0.2) is 5.17 Å². The third kappa shape index (κ3) is 1.59. The molecule has 76 valence electrons. The summed E-state index contributed by atoms with van der Waals surface area (Å²) in [5, 5.41) is 11.3. The first kappa shape index (κ1) is 9.73. The maximum absolute atomic E-state index is 11.8. The number of oxime groups is 1. The van der Waals surface area contributed by atoms with E-state index in [2.05, 4.69) is 5.16 Å². The Balaban J connectivity index is 2.82. The van der Waals surface area contributed by atoms with Crippen LogP contribution in [0.25, 0.3) is 11.0 Å². The van der Waals surface area contributed by atoms with Crippen molar-refractivity contribution in [2.75, 3.05) is 0 Å². The molecule has 0 fully saturated rings. The van der Waals surface area contributed by atoms with Crippen LogP contribution in [0.2, 0.25) is 0 Å². The van der Waals surface area contributed by atoms with Crippen LogP contribution in [0.1, 0.15) is 5.56 Å². The molecule has 2 aromatic rings. The van der Waals surface area contributed by atoms with E-state index in [1.165, 1.54) is 6.26 Å². The van der Waals surface area contributed by atoms with Crippen molar-refractivity contribution in [3.63, 3.8) is 0 Å². The largest absolute Gasteiger partial charge is 0.463 e. The molecule has 0 aliphatic rings. The number of para-hydroxylation sites is 1. The van der Waals surface area contributed by atoms with Crippen LogP contribution in [-0.4, -0.2) is 10.4 Å². The Morgan fingerprint density at radius 1 is 1.40 bits per heavy atom. The quantitative estimate of drug-likeness (QED) is 0.458. The zero-order valence-electron chi connectivity index (χ0n) is 7.48. The van der Waals surface area contributed by atoms with E-state index in [0.29, 0.717) is 11.0 Å². The summed E-state index contributed by atoms with van der Waals surface area (Å²) in [7, 11) is 0. The van der Waals surface area contributed by atoms with Gasteiger partial charge in [0.05, 0.1) is 10.9 Å². The summed E-state index contributed by atoms with van der Waals surface area (Å²) in [5.74, 6) is 0. The molecule has 0 amide bonds. The molecule has 0 radical (unpaired) electrons. The molecule has 0 aliphatic heterocycles. The Hall–Kier alpha value is -1.81. The van der Waals surface area contributed by atoms with Crippen molar-refractivity contribution in [2.24, 2.45) is 5.16 Å². The second-order valence-corrected chi connectivity index (χ2v) is 3.22. The van der Waals surface area contributed by atoms with Crippen molar-refractivity contribution >= 4 is 27.7 Å². The van der Waals surface area contributed by atoms with Crippen molar-refractivity contribution in [1.82, 2.24) is 0 Å². The lowest BCUT2D eigenvalue weighted by Gasteiger charge is -1.98. The average molecular weight is 224 g/mol. The summed E-state index contributed by atoms with van der Waals surface area (Å²) < 4.78 is 5.17. The monoisotopic (exact) mass is 223 g/mol. The standard InChI is InChI=1S/C10H6ClNO3/c11-10(12-14)7-5-15-8-4-2-1-3-6(8)9(7)13/h1-5,14H/b12-10-. The van der Waals surface area contributed by atoms with E-state index in [0.717, 1.165) is 0 Å². The van der Waals surface area contributed by atoms with Gasteiger partial charge in [0, 0.05) is 0 Å². The van der Waals surface area contributed by atoms with E-state index in [4.69, 9.17) is 21.2 Å². The first-order valence-corrected chi connectivity index (χ1v) is 4.50. The predicted molar refractivity (Wildman–Crippen MR) is 56.7 cm³/mol. The number of halogens is 1. The van der Waals surface area contributed by atoms with Gasteiger partial charge in [-0.15, -0.1) is 0 Å². The number of benzene rings is 1. The van der Waals surface area contributed by atoms with E-state index < -0.39 is 0 Å². The van der Waals surface area contributed by atoms with Crippen molar-refractivity contribution < 1.29 is 9.62 Å². The zero-order valence-corrected chi connectivity index (χ0v) is 8.23. The minimum Gasteiger partial charge on any atom is -0.463 e. The molecule has 1 heterocycles.